The molecule has 0 amide bonds. The van der Waals surface area contributed by atoms with Crippen LogP contribution in [0.25, 0.3) is 11.5 Å². The Kier molecular flexibility index (Phi) is 2.46. The van der Waals surface area contributed by atoms with Crippen LogP contribution in [0, 0.1) is 6.92 Å². The van der Waals surface area contributed by atoms with Crippen molar-refractivity contribution >= 4 is 0 Å². The van der Waals surface area contributed by atoms with E-state index in [1.54, 1.807) is 11.0 Å². The van der Waals surface area contributed by atoms with Crippen molar-refractivity contribution < 1.29 is 0 Å². The van der Waals surface area contributed by atoms with Gasteiger partial charge in [-0.1, -0.05) is 0 Å². The molecule has 0 atom stereocenters. The summed E-state index contributed by atoms with van der Waals surface area (Å²) in [6.07, 6.45) is 1.75. The maximum Gasteiger partial charge on any atom is 0.223 e. The molecule has 0 saturated carbocycles. The third kappa shape index (κ3) is 2.08. The third-order valence-corrected chi connectivity index (χ3v) is 2.16. The van der Waals surface area contributed by atoms with Gasteiger partial charge in [0.05, 0.1) is 5.54 Å². The summed E-state index contributed by atoms with van der Waals surface area (Å²) < 4.78 is 0. The van der Waals surface area contributed by atoms with Crippen molar-refractivity contribution in [3.05, 3.63) is 23.9 Å². The zero-order valence-electron chi connectivity index (χ0n) is 9.97. The SMILES string of the molecule is Cc1ccnc(-c2nnn(C(C)(C)C)n2)c1. The molecule has 2 rings (SSSR count). The molecule has 16 heavy (non-hydrogen) atoms. The lowest BCUT2D eigenvalue weighted by atomic mass is 10.1. The molecule has 0 saturated heterocycles. The summed E-state index contributed by atoms with van der Waals surface area (Å²) in [5.41, 5.74) is 1.74. The first-order valence-corrected chi connectivity index (χ1v) is 5.20. The largest absolute Gasteiger partial charge is 0.253 e. The van der Waals surface area contributed by atoms with E-state index >= 15 is 0 Å². The van der Waals surface area contributed by atoms with Crippen LogP contribution in [0.5, 0.6) is 0 Å². The van der Waals surface area contributed by atoms with Gasteiger partial charge in [0, 0.05) is 6.20 Å². The number of aryl methyl sites for hydroxylation is 1. The van der Waals surface area contributed by atoms with Gasteiger partial charge < -0.3 is 0 Å². The number of rotatable bonds is 1. The van der Waals surface area contributed by atoms with Crippen LogP contribution in [-0.4, -0.2) is 25.2 Å². The highest BCUT2D eigenvalue weighted by molar-refractivity contribution is 5.48. The predicted molar refractivity (Wildman–Crippen MR) is 60.8 cm³/mol. The normalized spacial score (nSPS) is 11.8. The van der Waals surface area contributed by atoms with Crippen LogP contribution in [0.3, 0.4) is 0 Å². The van der Waals surface area contributed by atoms with Gasteiger partial charge in [0.25, 0.3) is 0 Å². The average molecular weight is 217 g/mol. The van der Waals surface area contributed by atoms with Crippen molar-refractivity contribution in [1.29, 1.82) is 0 Å². The Balaban J connectivity index is 2.39. The Morgan fingerprint density at radius 2 is 2.00 bits per heavy atom. The van der Waals surface area contributed by atoms with Crippen LogP contribution in [0.4, 0.5) is 0 Å². The van der Waals surface area contributed by atoms with E-state index in [9.17, 15) is 0 Å². The highest BCUT2D eigenvalue weighted by atomic mass is 15.6. The van der Waals surface area contributed by atoms with Crippen LogP contribution in [0.15, 0.2) is 18.3 Å². The summed E-state index contributed by atoms with van der Waals surface area (Å²) in [5, 5.41) is 12.4. The Labute approximate surface area is 94.5 Å². The van der Waals surface area contributed by atoms with E-state index < -0.39 is 0 Å². The molecule has 2 heterocycles. The van der Waals surface area contributed by atoms with E-state index in [4.69, 9.17) is 0 Å². The average Bonchev–Trinajstić information content (AvgIpc) is 2.65. The van der Waals surface area contributed by atoms with Crippen molar-refractivity contribution in [2.45, 2.75) is 33.2 Å². The lowest BCUT2D eigenvalue weighted by molar-refractivity contribution is 0.306. The standard InChI is InChI=1S/C11H15N5/c1-8-5-6-12-9(7-8)10-13-15-16(14-10)11(2,3)4/h5-7H,1-4H3. The lowest BCUT2D eigenvalue weighted by Crippen LogP contribution is -2.24. The number of tetrazole rings is 1. The molecule has 0 bridgehead atoms. The van der Waals surface area contributed by atoms with Gasteiger partial charge in [-0.05, 0) is 50.6 Å². The molecule has 0 N–H and O–H groups in total. The minimum absolute atomic E-state index is 0.158. The van der Waals surface area contributed by atoms with Gasteiger partial charge in [-0.3, -0.25) is 4.98 Å². The molecule has 0 fully saturated rings. The molecule has 0 aliphatic heterocycles. The van der Waals surface area contributed by atoms with Gasteiger partial charge in [-0.15, -0.1) is 10.2 Å². The molecule has 0 radical (unpaired) electrons. The van der Waals surface area contributed by atoms with Crippen molar-refractivity contribution in [1.82, 2.24) is 25.2 Å². The van der Waals surface area contributed by atoms with Crippen molar-refractivity contribution in [2.75, 3.05) is 0 Å². The topological polar surface area (TPSA) is 56.5 Å². The molecule has 5 nitrogen and oxygen atoms in total. The van der Waals surface area contributed by atoms with Gasteiger partial charge >= 0.3 is 0 Å². The Morgan fingerprint density at radius 1 is 1.25 bits per heavy atom. The summed E-state index contributed by atoms with van der Waals surface area (Å²) >= 11 is 0. The number of aromatic nitrogens is 5. The molecule has 2 aromatic rings. The van der Waals surface area contributed by atoms with Crippen molar-refractivity contribution in [3.63, 3.8) is 0 Å². The summed E-state index contributed by atoms with van der Waals surface area (Å²) in [4.78, 5) is 5.83. The van der Waals surface area contributed by atoms with Gasteiger partial charge in [-0.2, -0.15) is 4.80 Å². The first-order chi connectivity index (χ1) is 7.47. The fraction of sp³-hybridized carbons (Fsp3) is 0.455. The van der Waals surface area contributed by atoms with Gasteiger partial charge in [-0.25, -0.2) is 0 Å². The fourth-order valence-electron chi connectivity index (χ4n) is 1.26. The van der Waals surface area contributed by atoms with Gasteiger partial charge in [0.15, 0.2) is 0 Å². The van der Waals surface area contributed by atoms with E-state index in [1.165, 1.54) is 0 Å². The molecule has 0 aliphatic rings. The zero-order chi connectivity index (χ0) is 11.8. The van der Waals surface area contributed by atoms with Crippen LogP contribution < -0.4 is 0 Å². The number of pyridine rings is 1. The van der Waals surface area contributed by atoms with Gasteiger partial charge in [0.2, 0.25) is 5.82 Å². The van der Waals surface area contributed by atoms with E-state index in [0.717, 1.165) is 11.3 Å². The summed E-state index contributed by atoms with van der Waals surface area (Å²) in [6.45, 7) is 8.10. The summed E-state index contributed by atoms with van der Waals surface area (Å²) in [6, 6.07) is 3.89. The maximum atomic E-state index is 4.32. The van der Waals surface area contributed by atoms with Crippen LogP contribution >= 0.6 is 0 Å². The highest BCUT2D eigenvalue weighted by Gasteiger charge is 2.17. The highest BCUT2D eigenvalue weighted by Crippen LogP contribution is 2.15. The maximum absolute atomic E-state index is 4.32. The summed E-state index contributed by atoms with van der Waals surface area (Å²) in [7, 11) is 0. The summed E-state index contributed by atoms with van der Waals surface area (Å²) in [5.74, 6) is 0.568. The van der Waals surface area contributed by atoms with Crippen molar-refractivity contribution in [3.8, 4) is 11.5 Å². The second kappa shape index (κ2) is 3.66. The fourth-order valence-corrected chi connectivity index (χ4v) is 1.26. The molecule has 2 aromatic heterocycles. The molecule has 5 heteroatoms. The van der Waals surface area contributed by atoms with Crippen LogP contribution in [-0.2, 0) is 5.54 Å². The number of hydrogen-bond donors (Lipinski definition) is 0. The first kappa shape index (κ1) is 10.7. The van der Waals surface area contributed by atoms with E-state index in [2.05, 4.69) is 20.4 Å². The first-order valence-electron chi connectivity index (χ1n) is 5.20. The monoisotopic (exact) mass is 217 g/mol. The number of hydrogen-bond acceptors (Lipinski definition) is 4. The molecule has 0 aromatic carbocycles. The van der Waals surface area contributed by atoms with Crippen LogP contribution in [0.1, 0.15) is 26.3 Å². The minimum atomic E-state index is -0.158. The van der Waals surface area contributed by atoms with E-state index in [1.807, 2.05) is 39.8 Å². The third-order valence-electron chi connectivity index (χ3n) is 2.16. The number of nitrogens with zero attached hydrogens (tertiary/aromatic N) is 5. The predicted octanol–water partition coefficient (Wildman–Crippen LogP) is 1.80. The Bertz CT molecular complexity index is 495. The van der Waals surface area contributed by atoms with Gasteiger partial charge in [0.1, 0.15) is 5.69 Å². The second-order valence-corrected chi connectivity index (χ2v) is 4.79. The second-order valence-electron chi connectivity index (χ2n) is 4.79. The molecule has 0 spiro atoms. The molecular weight excluding hydrogens is 202 g/mol. The lowest BCUT2D eigenvalue weighted by Gasteiger charge is -2.15. The smallest absolute Gasteiger partial charge is 0.223 e. The Hall–Kier alpha value is -1.78. The molecular formula is C11H15N5. The quantitative estimate of drug-likeness (QED) is 0.730. The molecule has 0 aliphatic carbocycles. The molecule has 0 unspecified atom stereocenters. The minimum Gasteiger partial charge on any atom is -0.253 e. The van der Waals surface area contributed by atoms with Crippen molar-refractivity contribution in [2.24, 2.45) is 0 Å². The zero-order valence-corrected chi connectivity index (χ0v) is 9.97. The van der Waals surface area contributed by atoms with E-state index in [-0.39, 0.29) is 5.54 Å². The molecule has 84 valence electrons. The van der Waals surface area contributed by atoms with Crippen LogP contribution in [0.2, 0.25) is 0 Å². The Morgan fingerprint density at radius 3 is 2.56 bits per heavy atom. The van der Waals surface area contributed by atoms with E-state index in [0.29, 0.717) is 5.82 Å².